The van der Waals surface area contributed by atoms with Crippen LogP contribution in [0.15, 0.2) is 41.4 Å². The molecule has 0 amide bonds. The zero-order valence-corrected chi connectivity index (χ0v) is 22.3. The Hall–Kier alpha value is -2.07. The van der Waals surface area contributed by atoms with E-state index in [-0.39, 0.29) is 35.5 Å². The van der Waals surface area contributed by atoms with Crippen molar-refractivity contribution in [1.29, 1.82) is 0 Å². The zero-order valence-electron chi connectivity index (χ0n) is 20.0. The Morgan fingerprint density at radius 1 is 1.12 bits per heavy atom. The Morgan fingerprint density at radius 2 is 1.82 bits per heavy atom. The highest BCUT2D eigenvalue weighted by molar-refractivity contribution is 14.0. The quantitative estimate of drug-likeness (QED) is 0.279. The number of halogens is 2. The lowest BCUT2D eigenvalue weighted by atomic mass is 10.0. The van der Waals surface area contributed by atoms with Gasteiger partial charge in [0.25, 0.3) is 0 Å². The molecule has 0 aliphatic carbocycles. The Bertz CT molecular complexity index is 917. The zero-order chi connectivity index (χ0) is 22.9. The van der Waals surface area contributed by atoms with Crippen molar-refractivity contribution in [2.24, 2.45) is 4.99 Å². The standard InChI is InChI=1S/C25H35FN4O2.HI/c1-5-32-23-8-6-19(14-18(23)2)16-28-25(27-3)29-21-10-12-30(13-11-21)17-20-7-9-24(31-4)22(26)15-20;/h6-9,14-15,21H,5,10-13,16-17H2,1-4H3,(H2,27,28,29);1H. The van der Waals surface area contributed by atoms with Crippen LogP contribution in [-0.4, -0.2) is 50.8 Å². The summed E-state index contributed by atoms with van der Waals surface area (Å²) < 4.78 is 24.6. The molecule has 0 unspecified atom stereocenters. The van der Waals surface area contributed by atoms with Gasteiger partial charge < -0.3 is 20.1 Å². The summed E-state index contributed by atoms with van der Waals surface area (Å²) in [6.07, 6.45) is 2.03. The van der Waals surface area contributed by atoms with Crippen molar-refractivity contribution < 1.29 is 13.9 Å². The van der Waals surface area contributed by atoms with Gasteiger partial charge in [0, 0.05) is 39.3 Å². The summed E-state index contributed by atoms with van der Waals surface area (Å²) in [6, 6.07) is 11.8. The number of hydrogen-bond donors (Lipinski definition) is 2. The van der Waals surface area contributed by atoms with Crippen molar-refractivity contribution in [1.82, 2.24) is 15.5 Å². The number of benzene rings is 2. The van der Waals surface area contributed by atoms with E-state index >= 15 is 0 Å². The van der Waals surface area contributed by atoms with Crippen LogP contribution in [0, 0.1) is 12.7 Å². The number of aryl methyl sites for hydroxylation is 1. The second-order valence-corrected chi connectivity index (χ2v) is 8.12. The fourth-order valence-electron chi connectivity index (χ4n) is 4.01. The Morgan fingerprint density at radius 3 is 2.42 bits per heavy atom. The molecule has 0 radical (unpaired) electrons. The number of nitrogens with one attached hydrogen (secondary N) is 2. The van der Waals surface area contributed by atoms with Crippen LogP contribution in [0.1, 0.15) is 36.5 Å². The van der Waals surface area contributed by atoms with Gasteiger partial charge in [0.15, 0.2) is 17.5 Å². The lowest BCUT2D eigenvalue weighted by molar-refractivity contribution is 0.198. The summed E-state index contributed by atoms with van der Waals surface area (Å²) >= 11 is 0. The molecule has 0 atom stereocenters. The molecule has 1 aliphatic heterocycles. The van der Waals surface area contributed by atoms with Crippen molar-refractivity contribution in [2.45, 2.75) is 45.8 Å². The average molecular weight is 570 g/mol. The van der Waals surface area contributed by atoms with Gasteiger partial charge in [-0.25, -0.2) is 4.39 Å². The average Bonchev–Trinajstić information content (AvgIpc) is 2.79. The van der Waals surface area contributed by atoms with E-state index in [1.54, 1.807) is 19.2 Å². The highest BCUT2D eigenvalue weighted by atomic mass is 127. The van der Waals surface area contributed by atoms with E-state index in [1.807, 2.05) is 19.1 Å². The van der Waals surface area contributed by atoms with Gasteiger partial charge in [-0.05, 0) is 61.6 Å². The number of methoxy groups -OCH3 is 1. The first-order valence-electron chi connectivity index (χ1n) is 11.3. The molecule has 1 aliphatic rings. The summed E-state index contributed by atoms with van der Waals surface area (Å²) in [5.41, 5.74) is 3.30. The maximum Gasteiger partial charge on any atom is 0.191 e. The minimum atomic E-state index is -0.306. The minimum Gasteiger partial charge on any atom is -0.494 e. The molecule has 2 N–H and O–H groups in total. The predicted molar refractivity (Wildman–Crippen MR) is 142 cm³/mol. The second kappa shape index (κ2) is 13.6. The third kappa shape index (κ3) is 8.03. The summed E-state index contributed by atoms with van der Waals surface area (Å²) in [5.74, 6) is 1.73. The lowest BCUT2D eigenvalue weighted by Crippen LogP contribution is -2.48. The van der Waals surface area contributed by atoms with Crippen molar-refractivity contribution in [3.05, 3.63) is 58.9 Å². The van der Waals surface area contributed by atoms with E-state index in [0.717, 1.165) is 55.3 Å². The molecule has 0 saturated carbocycles. The predicted octanol–water partition coefficient (Wildman–Crippen LogP) is 4.49. The minimum absolute atomic E-state index is 0. The van der Waals surface area contributed by atoms with Gasteiger partial charge in [-0.2, -0.15) is 0 Å². The first-order chi connectivity index (χ1) is 15.5. The third-order valence-electron chi connectivity index (χ3n) is 5.77. The highest BCUT2D eigenvalue weighted by Gasteiger charge is 2.20. The first kappa shape index (κ1) is 27.2. The molecule has 6 nitrogen and oxygen atoms in total. The molecule has 1 saturated heterocycles. The highest BCUT2D eigenvalue weighted by Crippen LogP contribution is 2.21. The second-order valence-electron chi connectivity index (χ2n) is 8.12. The van der Waals surface area contributed by atoms with E-state index in [9.17, 15) is 4.39 Å². The molecule has 0 aromatic heterocycles. The van der Waals surface area contributed by atoms with Gasteiger partial charge in [-0.3, -0.25) is 9.89 Å². The smallest absolute Gasteiger partial charge is 0.191 e. The van der Waals surface area contributed by atoms with Crippen molar-refractivity contribution in [2.75, 3.05) is 33.9 Å². The molecule has 33 heavy (non-hydrogen) atoms. The largest absolute Gasteiger partial charge is 0.494 e. The summed E-state index contributed by atoms with van der Waals surface area (Å²) in [4.78, 5) is 6.74. The number of rotatable bonds is 8. The SMILES string of the molecule is CCOc1ccc(CNC(=NC)NC2CCN(Cc3ccc(OC)c(F)c3)CC2)cc1C.I. The molecule has 182 valence electrons. The van der Waals surface area contributed by atoms with Gasteiger partial charge in [-0.1, -0.05) is 18.2 Å². The van der Waals surface area contributed by atoms with Gasteiger partial charge in [0.2, 0.25) is 0 Å². The molecule has 8 heteroatoms. The maximum absolute atomic E-state index is 13.9. The number of likely N-dealkylation sites (tertiary alicyclic amines) is 1. The first-order valence-corrected chi connectivity index (χ1v) is 11.3. The fourth-order valence-corrected chi connectivity index (χ4v) is 4.01. The van der Waals surface area contributed by atoms with Crippen LogP contribution in [0.3, 0.4) is 0 Å². The lowest BCUT2D eigenvalue weighted by Gasteiger charge is -2.33. The number of piperidine rings is 1. The topological polar surface area (TPSA) is 58.1 Å². The van der Waals surface area contributed by atoms with Crippen molar-refractivity contribution >= 4 is 29.9 Å². The van der Waals surface area contributed by atoms with Crippen molar-refractivity contribution in [3.63, 3.8) is 0 Å². The summed E-state index contributed by atoms with van der Waals surface area (Å²) in [7, 11) is 3.28. The van der Waals surface area contributed by atoms with E-state index in [4.69, 9.17) is 9.47 Å². The van der Waals surface area contributed by atoms with E-state index < -0.39 is 0 Å². The Balaban J connectivity index is 0.00000385. The van der Waals surface area contributed by atoms with Gasteiger partial charge in [0.05, 0.1) is 13.7 Å². The number of aliphatic imine (C=N–C) groups is 1. The molecule has 3 rings (SSSR count). The molecule has 2 aromatic rings. The Labute approximate surface area is 214 Å². The van der Waals surface area contributed by atoms with Gasteiger partial charge in [0.1, 0.15) is 5.75 Å². The van der Waals surface area contributed by atoms with Crippen LogP contribution in [0.2, 0.25) is 0 Å². The maximum atomic E-state index is 13.9. The number of hydrogen-bond acceptors (Lipinski definition) is 4. The normalized spacial score (nSPS) is 15.0. The Kier molecular flexibility index (Phi) is 11.2. The van der Waals surface area contributed by atoms with E-state index in [2.05, 4.69) is 39.6 Å². The van der Waals surface area contributed by atoms with Crippen LogP contribution in [0.4, 0.5) is 4.39 Å². The molecule has 1 heterocycles. The molecular weight excluding hydrogens is 534 g/mol. The van der Waals surface area contributed by atoms with Crippen LogP contribution < -0.4 is 20.1 Å². The molecule has 2 aromatic carbocycles. The van der Waals surface area contributed by atoms with Crippen LogP contribution >= 0.6 is 24.0 Å². The molecular formula is C25H36FIN4O2. The van der Waals surface area contributed by atoms with Crippen LogP contribution in [0.25, 0.3) is 0 Å². The summed E-state index contributed by atoms with van der Waals surface area (Å²) in [6.45, 7) is 8.10. The van der Waals surface area contributed by atoms with Crippen LogP contribution in [-0.2, 0) is 13.1 Å². The molecule has 0 bridgehead atoms. The third-order valence-corrected chi connectivity index (χ3v) is 5.77. The van der Waals surface area contributed by atoms with Gasteiger partial charge in [-0.15, -0.1) is 24.0 Å². The van der Waals surface area contributed by atoms with Crippen LogP contribution in [0.5, 0.6) is 11.5 Å². The van der Waals surface area contributed by atoms with Gasteiger partial charge >= 0.3 is 0 Å². The number of guanidine groups is 1. The molecule has 0 spiro atoms. The number of ether oxygens (including phenoxy) is 2. The fraction of sp³-hybridized carbons (Fsp3) is 0.480. The van der Waals surface area contributed by atoms with E-state index in [1.165, 1.54) is 12.7 Å². The number of nitrogens with zero attached hydrogens (tertiary/aromatic N) is 2. The summed E-state index contributed by atoms with van der Waals surface area (Å²) in [5, 5.41) is 6.95. The molecule has 1 fully saturated rings. The van der Waals surface area contributed by atoms with Crippen molar-refractivity contribution in [3.8, 4) is 11.5 Å². The monoisotopic (exact) mass is 570 g/mol. The van der Waals surface area contributed by atoms with E-state index in [0.29, 0.717) is 19.2 Å².